The molecule has 3 aliphatic rings. The smallest absolute Gasteiger partial charge is 0.228 e. The van der Waals surface area contributed by atoms with Crippen LogP contribution < -0.4 is 4.74 Å². The molecule has 168 valence electrons. The molecular formula is C24H33N3O4. The fourth-order valence-corrected chi connectivity index (χ4v) is 4.79. The Bertz CT molecular complexity index is 813. The first kappa shape index (κ1) is 21.7. The highest BCUT2D eigenvalue weighted by atomic mass is 16.5. The third kappa shape index (κ3) is 4.55. The van der Waals surface area contributed by atoms with Crippen LogP contribution in [0.4, 0.5) is 0 Å². The van der Waals surface area contributed by atoms with Gasteiger partial charge in [-0.05, 0) is 37.0 Å². The third-order valence-corrected chi connectivity index (χ3v) is 6.79. The number of piperazine rings is 1. The summed E-state index contributed by atoms with van der Waals surface area (Å²) >= 11 is 0. The molecule has 2 atom stereocenters. The van der Waals surface area contributed by atoms with Crippen LogP contribution in [0.5, 0.6) is 5.75 Å². The van der Waals surface area contributed by atoms with E-state index in [0.717, 1.165) is 37.0 Å². The summed E-state index contributed by atoms with van der Waals surface area (Å²) in [6.07, 6.45) is 4.16. The molecule has 3 amide bonds. The molecule has 1 saturated carbocycles. The summed E-state index contributed by atoms with van der Waals surface area (Å²) in [5, 5.41) is 0. The molecule has 7 nitrogen and oxygen atoms in total. The number of carbonyl (C=O) groups is 3. The van der Waals surface area contributed by atoms with E-state index in [1.54, 1.807) is 7.11 Å². The Balaban J connectivity index is 1.49. The van der Waals surface area contributed by atoms with Crippen LogP contribution in [-0.4, -0.2) is 72.3 Å². The molecule has 0 unspecified atom stereocenters. The number of methoxy groups -OCH3 is 1. The number of benzene rings is 1. The third-order valence-electron chi connectivity index (χ3n) is 6.79. The first-order valence-corrected chi connectivity index (χ1v) is 11.5. The van der Waals surface area contributed by atoms with E-state index in [1.165, 1.54) is 0 Å². The summed E-state index contributed by atoms with van der Waals surface area (Å²) in [5.41, 5.74) is 0.976. The minimum Gasteiger partial charge on any atom is -0.497 e. The standard InChI is InChI=1S/C24H33N3O4/c1-3-4-11-27-21(28)16-20(22(27)17-7-9-19(31-2)10-8-17)24(30)26-14-12-25(13-15-26)23(29)18-5-6-18/h7-10,18,20,22H,3-6,11-16H2,1-2H3/t20-,22-/m1/s1. The zero-order valence-corrected chi connectivity index (χ0v) is 18.6. The van der Waals surface area contributed by atoms with E-state index >= 15 is 0 Å². The Kier molecular flexibility index (Phi) is 6.49. The largest absolute Gasteiger partial charge is 0.497 e. The van der Waals surface area contributed by atoms with Gasteiger partial charge in [-0.1, -0.05) is 25.5 Å². The minimum absolute atomic E-state index is 0.0340. The number of ether oxygens (including phenoxy) is 1. The van der Waals surface area contributed by atoms with Crippen molar-refractivity contribution in [2.75, 3.05) is 39.8 Å². The van der Waals surface area contributed by atoms with Crippen LogP contribution in [0.15, 0.2) is 24.3 Å². The molecule has 31 heavy (non-hydrogen) atoms. The van der Waals surface area contributed by atoms with E-state index in [-0.39, 0.29) is 42.0 Å². The topological polar surface area (TPSA) is 70.2 Å². The molecule has 0 bridgehead atoms. The van der Waals surface area contributed by atoms with Crippen LogP contribution in [-0.2, 0) is 14.4 Å². The average molecular weight is 428 g/mol. The van der Waals surface area contributed by atoms with Gasteiger partial charge in [-0.15, -0.1) is 0 Å². The van der Waals surface area contributed by atoms with E-state index in [1.807, 2.05) is 39.0 Å². The highest BCUT2D eigenvalue weighted by Crippen LogP contribution is 2.40. The Hall–Kier alpha value is -2.57. The molecule has 2 aliphatic heterocycles. The van der Waals surface area contributed by atoms with Gasteiger partial charge in [-0.3, -0.25) is 14.4 Å². The van der Waals surface area contributed by atoms with E-state index < -0.39 is 0 Å². The van der Waals surface area contributed by atoms with Crippen molar-refractivity contribution in [2.45, 2.75) is 45.1 Å². The van der Waals surface area contributed by atoms with Crippen LogP contribution in [0, 0.1) is 11.8 Å². The molecule has 0 N–H and O–H groups in total. The van der Waals surface area contributed by atoms with E-state index in [2.05, 4.69) is 6.92 Å². The molecule has 3 fully saturated rings. The second-order valence-corrected chi connectivity index (χ2v) is 8.89. The fraction of sp³-hybridized carbons (Fsp3) is 0.625. The number of likely N-dealkylation sites (tertiary alicyclic amines) is 1. The fourth-order valence-electron chi connectivity index (χ4n) is 4.79. The highest BCUT2D eigenvalue weighted by molar-refractivity contribution is 5.90. The number of unbranched alkanes of at least 4 members (excludes halogenated alkanes) is 1. The van der Waals surface area contributed by atoms with Gasteiger partial charge < -0.3 is 19.4 Å². The molecule has 7 heteroatoms. The van der Waals surface area contributed by atoms with Gasteiger partial charge in [0.1, 0.15) is 5.75 Å². The lowest BCUT2D eigenvalue weighted by molar-refractivity contribution is -0.143. The van der Waals surface area contributed by atoms with Crippen molar-refractivity contribution >= 4 is 17.7 Å². The molecule has 1 aromatic carbocycles. The van der Waals surface area contributed by atoms with Gasteiger partial charge in [0.25, 0.3) is 0 Å². The van der Waals surface area contributed by atoms with Crippen LogP contribution in [0.2, 0.25) is 0 Å². The first-order chi connectivity index (χ1) is 15.0. The van der Waals surface area contributed by atoms with Crippen molar-refractivity contribution in [1.82, 2.24) is 14.7 Å². The normalized spacial score (nSPS) is 23.9. The summed E-state index contributed by atoms with van der Waals surface area (Å²) in [6.45, 7) is 5.05. The summed E-state index contributed by atoms with van der Waals surface area (Å²) in [6, 6.07) is 7.46. The summed E-state index contributed by atoms with van der Waals surface area (Å²) in [7, 11) is 1.63. The molecule has 0 radical (unpaired) electrons. The monoisotopic (exact) mass is 427 g/mol. The molecule has 4 rings (SSSR count). The zero-order chi connectivity index (χ0) is 22.0. The number of rotatable bonds is 7. The van der Waals surface area contributed by atoms with Crippen molar-refractivity contribution in [2.24, 2.45) is 11.8 Å². The van der Waals surface area contributed by atoms with Gasteiger partial charge in [0.2, 0.25) is 17.7 Å². The van der Waals surface area contributed by atoms with Gasteiger partial charge in [-0.2, -0.15) is 0 Å². The van der Waals surface area contributed by atoms with E-state index in [9.17, 15) is 14.4 Å². The predicted molar refractivity (Wildman–Crippen MR) is 116 cm³/mol. The lowest BCUT2D eigenvalue weighted by Crippen LogP contribution is -2.52. The van der Waals surface area contributed by atoms with Crippen LogP contribution in [0.25, 0.3) is 0 Å². The molecule has 2 saturated heterocycles. The SMILES string of the molecule is CCCCN1C(=O)C[C@@H](C(=O)N2CCN(C(=O)C3CC3)CC2)[C@H]1c1ccc(OC)cc1. The number of nitrogens with zero attached hydrogens (tertiary/aromatic N) is 3. The van der Waals surface area contributed by atoms with Crippen molar-refractivity contribution < 1.29 is 19.1 Å². The Morgan fingerprint density at radius 1 is 1.00 bits per heavy atom. The maximum absolute atomic E-state index is 13.5. The van der Waals surface area contributed by atoms with Gasteiger partial charge in [-0.25, -0.2) is 0 Å². The molecule has 1 aromatic rings. The lowest BCUT2D eigenvalue weighted by Gasteiger charge is -2.37. The van der Waals surface area contributed by atoms with Gasteiger partial charge in [0.15, 0.2) is 0 Å². The molecular weight excluding hydrogens is 394 g/mol. The number of carbonyl (C=O) groups excluding carboxylic acids is 3. The minimum atomic E-state index is -0.386. The Morgan fingerprint density at radius 2 is 1.61 bits per heavy atom. The maximum atomic E-state index is 13.5. The number of hydrogen-bond acceptors (Lipinski definition) is 4. The van der Waals surface area contributed by atoms with Crippen LogP contribution in [0.1, 0.15) is 50.6 Å². The Morgan fingerprint density at radius 3 is 2.16 bits per heavy atom. The quantitative estimate of drug-likeness (QED) is 0.670. The van der Waals surface area contributed by atoms with E-state index in [0.29, 0.717) is 32.7 Å². The van der Waals surface area contributed by atoms with E-state index in [4.69, 9.17) is 4.74 Å². The van der Waals surface area contributed by atoms with Crippen LogP contribution >= 0.6 is 0 Å². The second-order valence-electron chi connectivity index (χ2n) is 8.89. The summed E-state index contributed by atoms with van der Waals surface area (Å²) in [5.74, 6) is 0.907. The zero-order valence-electron chi connectivity index (χ0n) is 18.6. The number of hydrogen-bond donors (Lipinski definition) is 0. The molecule has 1 aliphatic carbocycles. The lowest BCUT2D eigenvalue weighted by atomic mass is 9.91. The Labute approximate surface area is 184 Å². The maximum Gasteiger partial charge on any atom is 0.228 e. The van der Waals surface area contributed by atoms with Gasteiger partial charge in [0, 0.05) is 45.1 Å². The van der Waals surface area contributed by atoms with Gasteiger partial charge >= 0.3 is 0 Å². The molecule has 0 spiro atoms. The van der Waals surface area contributed by atoms with Crippen molar-refractivity contribution in [1.29, 1.82) is 0 Å². The van der Waals surface area contributed by atoms with Crippen molar-refractivity contribution in [3.63, 3.8) is 0 Å². The summed E-state index contributed by atoms with van der Waals surface area (Å²) < 4.78 is 5.28. The average Bonchev–Trinajstić information content (AvgIpc) is 3.60. The summed E-state index contributed by atoms with van der Waals surface area (Å²) in [4.78, 5) is 44.4. The van der Waals surface area contributed by atoms with Crippen molar-refractivity contribution in [3.8, 4) is 5.75 Å². The highest BCUT2D eigenvalue weighted by Gasteiger charge is 2.46. The van der Waals surface area contributed by atoms with Gasteiger partial charge in [0.05, 0.1) is 19.1 Å². The predicted octanol–water partition coefficient (Wildman–Crippen LogP) is 2.47. The first-order valence-electron chi connectivity index (χ1n) is 11.5. The molecule has 0 aromatic heterocycles. The second kappa shape index (κ2) is 9.28. The van der Waals surface area contributed by atoms with Crippen LogP contribution in [0.3, 0.4) is 0 Å². The van der Waals surface area contributed by atoms with Crippen molar-refractivity contribution in [3.05, 3.63) is 29.8 Å². The number of amides is 3. The molecule has 2 heterocycles.